The fourth-order valence-corrected chi connectivity index (χ4v) is 3.15. The molecule has 0 aliphatic carbocycles. The summed E-state index contributed by atoms with van der Waals surface area (Å²) in [4.78, 5) is 36.1. The van der Waals surface area contributed by atoms with Crippen molar-refractivity contribution >= 4 is 52.9 Å². The molecule has 7 nitrogen and oxygen atoms in total. The van der Waals surface area contributed by atoms with Gasteiger partial charge in [0, 0.05) is 10.7 Å². The zero-order chi connectivity index (χ0) is 23.8. The monoisotopic (exact) mass is 483 g/mol. The van der Waals surface area contributed by atoms with Gasteiger partial charge in [-0.2, -0.15) is 5.10 Å². The number of esters is 1. The summed E-state index contributed by atoms with van der Waals surface area (Å²) in [6.45, 7) is 2.02. The highest BCUT2D eigenvalue weighted by Gasteiger charge is 2.14. The molecule has 0 bridgehead atoms. The fraction of sp³-hybridized carbons (Fsp3) is 0.0833. The third-order valence-corrected chi connectivity index (χ3v) is 5.00. The number of carbonyl (C=O) groups excluding carboxylic acids is 3. The van der Waals surface area contributed by atoms with Gasteiger partial charge in [0.15, 0.2) is 0 Å². The van der Waals surface area contributed by atoms with Gasteiger partial charge in [-0.25, -0.2) is 10.2 Å². The number of benzene rings is 3. The Balaban J connectivity index is 1.51. The molecule has 0 atom stereocenters. The van der Waals surface area contributed by atoms with Crippen LogP contribution < -0.4 is 15.5 Å². The second-order valence-corrected chi connectivity index (χ2v) is 7.63. The number of anilines is 1. The maximum absolute atomic E-state index is 12.2. The summed E-state index contributed by atoms with van der Waals surface area (Å²) in [5.74, 6) is -2.07. The molecule has 9 heteroatoms. The minimum absolute atomic E-state index is 0.189. The first kappa shape index (κ1) is 24.0. The van der Waals surface area contributed by atoms with E-state index < -0.39 is 17.8 Å². The highest BCUT2D eigenvalue weighted by molar-refractivity contribution is 6.39. The van der Waals surface area contributed by atoms with E-state index in [0.717, 1.165) is 12.0 Å². The van der Waals surface area contributed by atoms with Crippen LogP contribution in [0.15, 0.2) is 71.8 Å². The van der Waals surface area contributed by atoms with Crippen molar-refractivity contribution in [2.24, 2.45) is 5.10 Å². The molecule has 2 N–H and O–H groups in total. The second-order valence-electron chi connectivity index (χ2n) is 6.79. The summed E-state index contributed by atoms with van der Waals surface area (Å²) in [5.41, 5.74) is 4.59. The Hall–Kier alpha value is -3.68. The molecule has 0 saturated heterocycles. The minimum atomic E-state index is -0.906. The summed E-state index contributed by atoms with van der Waals surface area (Å²) in [5, 5.41) is 6.87. The first-order valence-electron chi connectivity index (χ1n) is 9.86. The SMILES string of the molecule is CCc1ccc(NC(=O)C(=O)NN=Cc2ccc(OC(=O)c3ccc(Cl)cc3Cl)cc2)cc1. The maximum atomic E-state index is 12.2. The Morgan fingerprint density at radius 3 is 2.27 bits per heavy atom. The fourth-order valence-electron chi connectivity index (χ4n) is 2.67. The van der Waals surface area contributed by atoms with E-state index in [9.17, 15) is 14.4 Å². The van der Waals surface area contributed by atoms with Gasteiger partial charge in [-0.05, 0) is 72.1 Å². The Bertz CT molecular complexity index is 1190. The van der Waals surface area contributed by atoms with E-state index >= 15 is 0 Å². The van der Waals surface area contributed by atoms with Crippen molar-refractivity contribution in [3.8, 4) is 5.75 Å². The molecule has 0 unspecified atom stereocenters. The van der Waals surface area contributed by atoms with Gasteiger partial charge in [0.25, 0.3) is 0 Å². The molecule has 0 fully saturated rings. The molecule has 0 heterocycles. The van der Waals surface area contributed by atoms with E-state index in [-0.39, 0.29) is 10.6 Å². The van der Waals surface area contributed by atoms with Gasteiger partial charge in [0.1, 0.15) is 5.75 Å². The van der Waals surface area contributed by atoms with Crippen LogP contribution in [-0.2, 0) is 16.0 Å². The van der Waals surface area contributed by atoms with Gasteiger partial charge in [-0.3, -0.25) is 9.59 Å². The molecule has 0 spiro atoms. The van der Waals surface area contributed by atoms with Gasteiger partial charge in [-0.1, -0.05) is 42.3 Å². The van der Waals surface area contributed by atoms with Crippen LogP contribution in [0.2, 0.25) is 10.0 Å². The predicted molar refractivity (Wildman–Crippen MR) is 128 cm³/mol. The van der Waals surface area contributed by atoms with E-state index in [0.29, 0.717) is 22.0 Å². The molecule has 33 heavy (non-hydrogen) atoms. The lowest BCUT2D eigenvalue weighted by Gasteiger charge is -2.06. The number of nitrogens with zero attached hydrogens (tertiary/aromatic N) is 1. The molecule has 0 saturated carbocycles. The molecule has 168 valence electrons. The van der Waals surface area contributed by atoms with E-state index in [4.69, 9.17) is 27.9 Å². The third kappa shape index (κ3) is 6.90. The molecule has 3 aromatic rings. The number of hydrogen-bond donors (Lipinski definition) is 2. The number of hydrogen-bond acceptors (Lipinski definition) is 5. The van der Waals surface area contributed by atoms with Gasteiger partial charge < -0.3 is 10.1 Å². The number of halogens is 2. The smallest absolute Gasteiger partial charge is 0.345 e. The van der Waals surface area contributed by atoms with Crippen LogP contribution in [0.25, 0.3) is 0 Å². The summed E-state index contributed by atoms with van der Waals surface area (Å²) in [6, 6.07) is 18.0. The average Bonchev–Trinajstić information content (AvgIpc) is 2.80. The first-order valence-corrected chi connectivity index (χ1v) is 10.6. The summed E-state index contributed by atoms with van der Waals surface area (Å²) >= 11 is 11.8. The summed E-state index contributed by atoms with van der Waals surface area (Å²) < 4.78 is 5.29. The number of aryl methyl sites for hydroxylation is 1. The van der Waals surface area contributed by atoms with Crippen molar-refractivity contribution in [1.82, 2.24) is 5.43 Å². The van der Waals surface area contributed by atoms with Crippen LogP contribution >= 0.6 is 23.2 Å². The minimum Gasteiger partial charge on any atom is -0.423 e. The van der Waals surface area contributed by atoms with Gasteiger partial charge in [0.05, 0.1) is 16.8 Å². The molecule has 3 rings (SSSR count). The number of hydrazone groups is 1. The van der Waals surface area contributed by atoms with Gasteiger partial charge >= 0.3 is 17.8 Å². The summed E-state index contributed by atoms with van der Waals surface area (Å²) in [6.07, 6.45) is 2.23. The Morgan fingerprint density at radius 1 is 0.939 bits per heavy atom. The van der Waals surface area contributed by atoms with E-state index in [1.807, 2.05) is 19.1 Å². The van der Waals surface area contributed by atoms with Gasteiger partial charge in [0.2, 0.25) is 0 Å². The van der Waals surface area contributed by atoms with Gasteiger partial charge in [-0.15, -0.1) is 0 Å². The molecule has 3 aromatic carbocycles. The molecule has 0 aliphatic heterocycles. The predicted octanol–water partition coefficient (Wildman–Crippen LogP) is 4.86. The average molecular weight is 484 g/mol. The van der Waals surface area contributed by atoms with Crippen molar-refractivity contribution < 1.29 is 19.1 Å². The topological polar surface area (TPSA) is 96.9 Å². The standard InChI is InChI=1S/C24H19Cl2N3O4/c1-2-15-3-8-18(9-4-15)28-22(30)23(31)29-27-14-16-5-10-19(11-6-16)33-24(32)20-12-7-17(25)13-21(20)26/h3-14H,2H2,1H3,(H,28,30)(H,29,31). The van der Waals surface area contributed by atoms with Crippen LogP contribution in [0.5, 0.6) is 5.75 Å². The molecule has 0 aromatic heterocycles. The second kappa shape index (κ2) is 11.3. The normalized spacial score (nSPS) is 10.6. The van der Waals surface area contributed by atoms with Crippen LogP contribution in [0.3, 0.4) is 0 Å². The van der Waals surface area contributed by atoms with Crippen molar-refractivity contribution in [2.45, 2.75) is 13.3 Å². The number of carbonyl (C=O) groups is 3. The van der Waals surface area contributed by atoms with Crippen molar-refractivity contribution in [3.05, 3.63) is 93.5 Å². The molecular formula is C24H19Cl2N3O4. The zero-order valence-corrected chi connectivity index (χ0v) is 19.0. The molecular weight excluding hydrogens is 465 g/mol. The lowest BCUT2D eigenvalue weighted by molar-refractivity contribution is -0.136. The van der Waals surface area contributed by atoms with E-state index in [2.05, 4.69) is 15.8 Å². The van der Waals surface area contributed by atoms with Crippen LogP contribution in [0.1, 0.15) is 28.4 Å². The quantitative estimate of drug-likeness (QED) is 0.172. The van der Waals surface area contributed by atoms with Crippen LogP contribution in [-0.4, -0.2) is 24.0 Å². The maximum Gasteiger partial charge on any atom is 0.345 e. The number of ether oxygens (including phenoxy) is 1. The van der Waals surface area contributed by atoms with E-state index in [1.165, 1.54) is 18.3 Å². The number of nitrogens with one attached hydrogen (secondary N) is 2. The largest absolute Gasteiger partial charge is 0.423 e. The Labute approximate surface area is 200 Å². The zero-order valence-electron chi connectivity index (χ0n) is 17.5. The summed E-state index contributed by atoms with van der Waals surface area (Å²) in [7, 11) is 0. The Kier molecular flexibility index (Phi) is 8.18. The van der Waals surface area contributed by atoms with Crippen LogP contribution in [0.4, 0.5) is 5.69 Å². The lowest BCUT2D eigenvalue weighted by atomic mass is 10.1. The first-order chi connectivity index (χ1) is 15.9. The van der Waals surface area contributed by atoms with E-state index in [1.54, 1.807) is 42.5 Å². The van der Waals surface area contributed by atoms with Crippen molar-refractivity contribution in [2.75, 3.05) is 5.32 Å². The van der Waals surface area contributed by atoms with Crippen molar-refractivity contribution in [3.63, 3.8) is 0 Å². The number of rotatable bonds is 6. The molecule has 2 amide bonds. The highest BCUT2D eigenvalue weighted by atomic mass is 35.5. The molecule has 0 radical (unpaired) electrons. The lowest BCUT2D eigenvalue weighted by Crippen LogP contribution is -2.32. The Morgan fingerprint density at radius 2 is 1.64 bits per heavy atom. The molecule has 0 aliphatic rings. The van der Waals surface area contributed by atoms with Crippen LogP contribution in [0, 0.1) is 0 Å². The number of amides is 2. The highest BCUT2D eigenvalue weighted by Crippen LogP contribution is 2.23. The third-order valence-electron chi connectivity index (χ3n) is 4.45. The van der Waals surface area contributed by atoms with Crippen molar-refractivity contribution in [1.29, 1.82) is 0 Å².